The predicted molar refractivity (Wildman–Crippen MR) is 115 cm³/mol. The van der Waals surface area contributed by atoms with Gasteiger partial charge in [-0.05, 0) is 13.3 Å². The molecular weight excluding hydrogens is 490 g/mol. The van der Waals surface area contributed by atoms with Crippen LogP contribution in [0.4, 0.5) is 13.2 Å². The molecule has 1 aromatic heterocycles. The van der Waals surface area contributed by atoms with Gasteiger partial charge in [0, 0.05) is 36.5 Å². The molecule has 0 bridgehead atoms. The van der Waals surface area contributed by atoms with Crippen molar-refractivity contribution < 1.29 is 13.2 Å². The Kier molecular flexibility index (Phi) is 9.26. The first kappa shape index (κ1) is 24.4. The van der Waals surface area contributed by atoms with E-state index in [0.29, 0.717) is 38.6 Å². The number of alkyl halides is 3. The van der Waals surface area contributed by atoms with Crippen molar-refractivity contribution in [3.63, 3.8) is 0 Å². The van der Waals surface area contributed by atoms with Crippen LogP contribution in [0.15, 0.2) is 10.4 Å². The average Bonchev–Trinajstić information content (AvgIpc) is 3.12. The summed E-state index contributed by atoms with van der Waals surface area (Å²) in [4.78, 5) is 10.6. The summed E-state index contributed by atoms with van der Waals surface area (Å²) in [6, 6.07) is -0.0309. The standard InChI is InChI=1S/C17H28F3N5S.HI/c1-5-21-15(22-8-14-24-13(10-26-14)16(2,3)4)23-12-6-7-25(9-12)11-17(18,19)20;/h10,12H,5-9,11H2,1-4H3,(H2,21,22,23);1H. The Morgan fingerprint density at radius 3 is 2.63 bits per heavy atom. The lowest BCUT2D eigenvalue weighted by molar-refractivity contribution is -0.143. The van der Waals surface area contributed by atoms with Gasteiger partial charge in [-0.2, -0.15) is 13.2 Å². The van der Waals surface area contributed by atoms with E-state index >= 15 is 0 Å². The molecule has 2 N–H and O–H groups in total. The Morgan fingerprint density at radius 2 is 2.07 bits per heavy atom. The van der Waals surface area contributed by atoms with Gasteiger partial charge < -0.3 is 10.6 Å². The van der Waals surface area contributed by atoms with Crippen LogP contribution in [0.3, 0.4) is 0 Å². The minimum atomic E-state index is -4.15. The maximum atomic E-state index is 12.5. The van der Waals surface area contributed by atoms with Crippen LogP contribution in [0.1, 0.15) is 44.8 Å². The smallest absolute Gasteiger partial charge is 0.357 e. The zero-order valence-electron chi connectivity index (χ0n) is 16.2. The van der Waals surface area contributed by atoms with Gasteiger partial charge in [-0.3, -0.25) is 4.90 Å². The molecule has 1 saturated heterocycles. The van der Waals surface area contributed by atoms with Gasteiger partial charge in [0.05, 0.1) is 18.8 Å². The lowest BCUT2D eigenvalue weighted by Crippen LogP contribution is -2.45. The van der Waals surface area contributed by atoms with Crippen molar-refractivity contribution in [1.29, 1.82) is 0 Å². The maximum Gasteiger partial charge on any atom is 0.401 e. The minimum absolute atomic E-state index is 0. The van der Waals surface area contributed by atoms with Gasteiger partial charge in [0.15, 0.2) is 5.96 Å². The van der Waals surface area contributed by atoms with E-state index in [-0.39, 0.29) is 35.4 Å². The normalized spacial score (nSPS) is 19.1. The molecule has 1 atom stereocenters. The summed E-state index contributed by atoms with van der Waals surface area (Å²) in [5, 5.41) is 9.38. The molecule has 1 aliphatic rings. The van der Waals surface area contributed by atoms with Crippen molar-refractivity contribution in [2.24, 2.45) is 4.99 Å². The van der Waals surface area contributed by atoms with Crippen LogP contribution in [-0.4, -0.2) is 54.2 Å². The predicted octanol–water partition coefficient (Wildman–Crippen LogP) is 3.75. The van der Waals surface area contributed by atoms with Gasteiger partial charge >= 0.3 is 6.18 Å². The van der Waals surface area contributed by atoms with Crippen molar-refractivity contribution in [2.75, 3.05) is 26.2 Å². The maximum absolute atomic E-state index is 12.5. The van der Waals surface area contributed by atoms with Gasteiger partial charge in [0.25, 0.3) is 0 Å². The Balaban J connectivity index is 0.00000364. The summed E-state index contributed by atoms with van der Waals surface area (Å²) in [6.45, 7) is 9.42. The van der Waals surface area contributed by atoms with Gasteiger partial charge in [0.1, 0.15) is 5.01 Å². The van der Waals surface area contributed by atoms with Crippen molar-refractivity contribution in [2.45, 2.75) is 58.3 Å². The Labute approximate surface area is 180 Å². The Bertz CT molecular complexity index is 612. The van der Waals surface area contributed by atoms with Crippen molar-refractivity contribution in [1.82, 2.24) is 20.5 Å². The van der Waals surface area contributed by atoms with Crippen LogP contribution < -0.4 is 10.6 Å². The molecule has 2 rings (SSSR count). The van der Waals surface area contributed by atoms with E-state index in [1.165, 1.54) is 4.90 Å². The number of nitrogens with one attached hydrogen (secondary N) is 2. The number of hydrogen-bond acceptors (Lipinski definition) is 4. The molecule has 0 spiro atoms. The monoisotopic (exact) mass is 519 g/mol. The Morgan fingerprint density at radius 1 is 1.37 bits per heavy atom. The second-order valence-corrected chi connectivity index (χ2v) is 8.49. The van der Waals surface area contributed by atoms with E-state index in [4.69, 9.17) is 0 Å². The molecule has 0 aliphatic carbocycles. The highest BCUT2D eigenvalue weighted by molar-refractivity contribution is 14.0. The number of likely N-dealkylation sites (tertiary alicyclic amines) is 1. The zero-order chi connectivity index (χ0) is 19.4. The number of aliphatic imine (C=N–C) groups is 1. The van der Waals surface area contributed by atoms with E-state index in [2.05, 4.69) is 46.8 Å². The van der Waals surface area contributed by atoms with Crippen LogP contribution >= 0.6 is 35.3 Å². The van der Waals surface area contributed by atoms with E-state index < -0.39 is 12.7 Å². The fourth-order valence-corrected chi connectivity index (χ4v) is 3.68. The van der Waals surface area contributed by atoms with Crippen molar-refractivity contribution >= 4 is 41.3 Å². The molecule has 1 fully saturated rings. The Hall–Kier alpha value is -0.620. The summed E-state index contributed by atoms with van der Waals surface area (Å²) >= 11 is 1.58. The molecule has 2 heterocycles. The third kappa shape index (κ3) is 8.51. The molecule has 156 valence electrons. The number of nitrogens with zero attached hydrogens (tertiary/aromatic N) is 3. The van der Waals surface area contributed by atoms with E-state index in [9.17, 15) is 13.2 Å². The number of halogens is 4. The van der Waals surface area contributed by atoms with Crippen molar-refractivity contribution in [3.05, 3.63) is 16.1 Å². The average molecular weight is 519 g/mol. The molecule has 1 unspecified atom stereocenters. The lowest BCUT2D eigenvalue weighted by atomic mass is 9.93. The van der Waals surface area contributed by atoms with Gasteiger partial charge in [-0.15, -0.1) is 35.3 Å². The van der Waals surface area contributed by atoms with E-state index in [1.54, 1.807) is 11.3 Å². The highest BCUT2D eigenvalue weighted by Gasteiger charge is 2.34. The SMILES string of the molecule is CCNC(=NCc1nc(C(C)(C)C)cs1)NC1CCN(CC(F)(F)F)C1.I. The highest BCUT2D eigenvalue weighted by Crippen LogP contribution is 2.24. The molecule has 1 aliphatic heterocycles. The van der Waals surface area contributed by atoms with E-state index in [1.807, 2.05) is 6.92 Å². The highest BCUT2D eigenvalue weighted by atomic mass is 127. The van der Waals surface area contributed by atoms with Crippen molar-refractivity contribution in [3.8, 4) is 0 Å². The minimum Gasteiger partial charge on any atom is -0.357 e. The topological polar surface area (TPSA) is 52.6 Å². The molecule has 0 amide bonds. The van der Waals surface area contributed by atoms with Gasteiger partial charge in [-0.1, -0.05) is 20.8 Å². The number of rotatable bonds is 5. The molecule has 10 heteroatoms. The summed E-state index contributed by atoms with van der Waals surface area (Å²) in [7, 11) is 0. The summed E-state index contributed by atoms with van der Waals surface area (Å²) in [5.74, 6) is 0.624. The molecule has 0 aromatic carbocycles. The third-order valence-corrected chi connectivity index (χ3v) is 4.89. The first-order valence-corrected chi connectivity index (χ1v) is 9.73. The quantitative estimate of drug-likeness (QED) is 0.354. The second-order valence-electron chi connectivity index (χ2n) is 7.55. The lowest BCUT2D eigenvalue weighted by Gasteiger charge is -2.19. The molecule has 5 nitrogen and oxygen atoms in total. The molecule has 0 saturated carbocycles. The van der Waals surface area contributed by atoms with Gasteiger partial charge in [0.2, 0.25) is 0 Å². The summed E-state index contributed by atoms with van der Waals surface area (Å²) < 4.78 is 37.5. The first-order valence-electron chi connectivity index (χ1n) is 8.85. The molecule has 0 radical (unpaired) electrons. The van der Waals surface area contributed by atoms with Crippen LogP contribution in [-0.2, 0) is 12.0 Å². The van der Waals surface area contributed by atoms with E-state index in [0.717, 1.165) is 10.7 Å². The summed E-state index contributed by atoms with van der Waals surface area (Å²) in [6.07, 6.45) is -3.48. The van der Waals surface area contributed by atoms with Gasteiger partial charge in [-0.25, -0.2) is 9.98 Å². The molecule has 1 aromatic rings. The molecule has 27 heavy (non-hydrogen) atoms. The molecular formula is C17H29F3IN5S. The fourth-order valence-electron chi connectivity index (χ4n) is 2.74. The third-order valence-electron chi connectivity index (χ3n) is 4.05. The van der Waals surface area contributed by atoms with Crippen LogP contribution in [0, 0.1) is 0 Å². The number of hydrogen-bond donors (Lipinski definition) is 2. The number of thiazole rings is 1. The number of aromatic nitrogens is 1. The summed E-state index contributed by atoms with van der Waals surface area (Å²) in [5.41, 5.74) is 1.05. The largest absolute Gasteiger partial charge is 0.401 e. The fraction of sp³-hybridized carbons (Fsp3) is 0.765. The number of guanidine groups is 1. The van der Waals surface area contributed by atoms with Crippen LogP contribution in [0.25, 0.3) is 0 Å². The van der Waals surface area contributed by atoms with Crippen LogP contribution in [0.5, 0.6) is 0 Å². The van der Waals surface area contributed by atoms with Crippen LogP contribution in [0.2, 0.25) is 0 Å². The second kappa shape index (κ2) is 10.2. The first-order chi connectivity index (χ1) is 12.1. The zero-order valence-corrected chi connectivity index (χ0v) is 19.3.